The first kappa shape index (κ1) is 15.7. The summed E-state index contributed by atoms with van der Waals surface area (Å²) < 4.78 is 6.92. The molecule has 1 aromatic heterocycles. The summed E-state index contributed by atoms with van der Waals surface area (Å²) in [6, 6.07) is -0.630. The molecule has 0 amide bonds. The van der Waals surface area contributed by atoms with Gasteiger partial charge in [-0.25, -0.2) is 0 Å². The Kier molecular flexibility index (Phi) is 4.74. The molecule has 1 atom stereocenters. The number of nitrogens with zero attached hydrogens (tertiary/aromatic N) is 2. The lowest BCUT2D eigenvalue weighted by Gasteiger charge is -2.21. The SMILES string of the molecule is CCOC(=O)C(N)Cc1c(C)nn(C(C)(C)C)c1C. The summed E-state index contributed by atoms with van der Waals surface area (Å²) >= 11 is 0. The number of aromatic nitrogens is 2. The average Bonchev–Trinajstić information content (AvgIpc) is 2.56. The molecule has 0 fully saturated rings. The number of ether oxygens (including phenoxy) is 1. The molecule has 0 radical (unpaired) electrons. The number of esters is 1. The Labute approximate surface area is 115 Å². The molecule has 19 heavy (non-hydrogen) atoms. The van der Waals surface area contributed by atoms with E-state index >= 15 is 0 Å². The first-order chi connectivity index (χ1) is 8.68. The minimum absolute atomic E-state index is 0.0822. The van der Waals surface area contributed by atoms with Crippen LogP contribution in [-0.4, -0.2) is 28.4 Å². The third-order valence-electron chi connectivity index (χ3n) is 3.09. The molecule has 1 heterocycles. The van der Waals surface area contributed by atoms with Crippen LogP contribution < -0.4 is 5.73 Å². The Morgan fingerprint density at radius 1 is 1.42 bits per heavy atom. The molecule has 0 bridgehead atoms. The van der Waals surface area contributed by atoms with Crippen LogP contribution in [0.1, 0.15) is 44.6 Å². The molecule has 108 valence electrons. The molecule has 0 saturated carbocycles. The normalized spacial score (nSPS) is 13.4. The molecule has 0 aliphatic rings. The lowest BCUT2D eigenvalue weighted by Crippen LogP contribution is -2.34. The first-order valence-corrected chi connectivity index (χ1v) is 6.66. The molecule has 0 aromatic carbocycles. The summed E-state index contributed by atoms with van der Waals surface area (Å²) in [6.45, 7) is 12.4. The van der Waals surface area contributed by atoms with Gasteiger partial charge in [0.05, 0.1) is 17.8 Å². The first-order valence-electron chi connectivity index (χ1n) is 6.66. The molecular weight excluding hydrogens is 242 g/mol. The van der Waals surface area contributed by atoms with Gasteiger partial charge < -0.3 is 10.5 Å². The number of nitrogens with two attached hydrogens (primary N) is 1. The van der Waals surface area contributed by atoms with E-state index in [9.17, 15) is 4.79 Å². The van der Waals surface area contributed by atoms with Gasteiger partial charge in [0, 0.05) is 12.1 Å². The number of rotatable bonds is 4. The Morgan fingerprint density at radius 3 is 2.42 bits per heavy atom. The van der Waals surface area contributed by atoms with Gasteiger partial charge in [-0.05, 0) is 47.1 Å². The predicted octanol–water partition coefficient (Wildman–Crippen LogP) is 1.69. The molecule has 5 heteroatoms. The maximum Gasteiger partial charge on any atom is 0.323 e. The van der Waals surface area contributed by atoms with Gasteiger partial charge in [0.15, 0.2) is 0 Å². The maximum absolute atomic E-state index is 11.6. The second kappa shape index (κ2) is 5.74. The molecule has 0 saturated heterocycles. The van der Waals surface area contributed by atoms with E-state index in [2.05, 4.69) is 25.9 Å². The van der Waals surface area contributed by atoms with Crippen LogP contribution in [0.25, 0.3) is 0 Å². The number of carbonyl (C=O) groups is 1. The van der Waals surface area contributed by atoms with Crippen molar-refractivity contribution in [2.24, 2.45) is 5.73 Å². The third kappa shape index (κ3) is 3.56. The van der Waals surface area contributed by atoms with E-state index in [1.54, 1.807) is 6.92 Å². The van der Waals surface area contributed by atoms with E-state index in [0.717, 1.165) is 17.0 Å². The summed E-state index contributed by atoms with van der Waals surface area (Å²) in [5.74, 6) is -0.357. The largest absolute Gasteiger partial charge is 0.465 e. The Hall–Kier alpha value is -1.36. The summed E-state index contributed by atoms with van der Waals surface area (Å²) in [5, 5.41) is 4.55. The van der Waals surface area contributed by atoms with E-state index in [0.29, 0.717) is 13.0 Å². The van der Waals surface area contributed by atoms with Gasteiger partial charge in [0.1, 0.15) is 6.04 Å². The minimum Gasteiger partial charge on any atom is -0.465 e. The molecular formula is C14H25N3O2. The minimum atomic E-state index is -0.630. The van der Waals surface area contributed by atoms with Gasteiger partial charge in [-0.3, -0.25) is 9.48 Å². The van der Waals surface area contributed by atoms with Gasteiger partial charge in [-0.1, -0.05) is 0 Å². The zero-order valence-corrected chi connectivity index (χ0v) is 12.8. The number of hydrogen-bond donors (Lipinski definition) is 1. The highest BCUT2D eigenvalue weighted by Gasteiger charge is 2.24. The maximum atomic E-state index is 11.6. The van der Waals surface area contributed by atoms with Crippen molar-refractivity contribution in [3.05, 3.63) is 17.0 Å². The second-order valence-electron chi connectivity index (χ2n) is 5.79. The van der Waals surface area contributed by atoms with Gasteiger partial charge in [-0.2, -0.15) is 5.10 Å². The highest BCUT2D eigenvalue weighted by molar-refractivity contribution is 5.76. The third-order valence-corrected chi connectivity index (χ3v) is 3.09. The van der Waals surface area contributed by atoms with Crippen molar-refractivity contribution in [3.63, 3.8) is 0 Å². The highest BCUT2D eigenvalue weighted by atomic mass is 16.5. The topological polar surface area (TPSA) is 70.1 Å². The standard InChI is InChI=1S/C14H25N3O2/c1-7-19-13(18)12(15)8-11-9(2)16-17(10(11)3)14(4,5)6/h12H,7-8,15H2,1-6H3. The van der Waals surface area contributed by atoms with Crippen LogP contribution in [0.5, 0.6) is 0 Å². The van der Waals surface area contributed by atoms with Crippen LogP contribution in [-0.2, 0) is 21.5 Å². The Balaban J connectivity index is 2.97. The van der Waals surface area contributed by atoms with Gasteiger partial charge >= 0.3 is 5.97 Å². The molecule has 1 aromatic rings. The van der Waals surface area contributed by atoms with Gasteiger partial charge in [0.25, 0.3) is 0 Å². The van der Waals surface area contributed by atoms with Crippen LogP contribution >= 0.6 is 0 Å². The van der Waals surface area contributed by atoms with Crippen molar-refractivity contribution >= 4 is 5.97 Å². The second-order valence-corrected chi connectivity index (χ2v) is 5.79. The Bertz CT molecular complexity index is 458. The van der Waals surface area contributed by atoms with Gasteiger partial charge in [0.2, 0.25) is 0 Å². The molecule has 0 spiro atoms. The zero-order chi connectivity index (χ0) is 14.8. The number of carbonyl (C=O) groups excluding carboxylic acids is 1. The Morgan fingerprint density at radius 2 is 2.00 bits per heavy atom. The van der Waals surface area contributed by atoms with Crippen molar-refractivity contribution in [1.29, 1.82) is 0 Å². The molecule has 0 aliphatic carbocycles. The van der Waals surface area contributed by atoms with Crippen LogP contribution in [0.2, 0.25) is 0 Å². The lowest BCUT2D eigenvalue weighted by atomic mass is 10.0. The zero-order valence-electron chi connectivity index (χ0n) is 12.8. The quantitative estimate of drug-likeness (QED) is 0.843. The molecule has 5 nitrogen and oxygen atoms in total. The summed E-state index contributed by atoms with van der Waals surface area (Å²) in [5.41, 5.74) is 8.82. The van der Waals surface area contributed by atoms with E-state index in [1.165, 1.54) is 0 Å². The predicted molar refractivity (Wildman–Crippen MR) is 75.0 cm³/mol. The molecule has 1 rings (SSSR count). The van der Waals surface area contributed by atoms with Crippen molar-refractivity contribution in [2.75, 3.05) is 6.61 Å². The van der Waals surface area contributed by atoms with E-state index in [4.69, 9.17) is 10.5 Å². The lowest BCUT2D eigenvalue weighted by molar-refractivity contribution is -0.144. The fourth-order valence-corrected chi connectivity index (χ4v) is 2.18. The van der Waals surface area contributed by atoms with Crippen molar-refractivity contribution in [3.8, 4) is 0 Å². The molecule has 2 N–H and O–H groups in total. The van der Waals surface area contributed by atoms with Gasteiger partial charge in [-0.15, -0.1) is 0 Å². The van der Waals surface area contributed by atoms with Crippen LogP contribution in [0.15, 0.2) is 0 Å². The number of aryl methyl sites for hydroxylation is 1. The van der Waals surface area contributed by atoms with E-state index in [-0.39, 0.29) is 11.5 Å². The highest BCUT2D eigenvalue weighted by Crippen LogP contribution is 2.22. The summed E-state index contributed by atoms with van der Waals surface area (Å²) in [6.07, 6.45) is 0.465. The van der Waals surface area contributed by atoms with Crippen LogP contribution in [0.4, 0.5) is 0 Å². The fourth-order valence-electron chi connectivity index (χ4n) is 2.18. The van der Waals surface area contributed by atoms with E-state index in [1.807, 2.05) is 18.5 Å². The van der Waals surface area contributed by atoms with Crippen molar-refractivity contribution < 1.29 is 9.53 Å². The summed E-state index contributed by atoms with van der Waals surface area (Å²) in [4.78, 5) is 11.6. The molecule has 1 unspecified atom stereocenters. The molecule has 0 aliphatic heterocycles. The summed E-state index contributed by atoms with van der Waals surface area (Å²) in [7, 11) is 0. The monoisotopic (exact) mass is 267 g/mol. The van der Waals surface area contributed by atoms with Crippen LogP contribution in [0.3, 0.4) is 0 Å². The number of hydrogen-bond acceptors (Lipinski definition) is 4. The average molecular weight is 267 g/mol. The van der Waals surface area contributed by atoms with Crippen molar-refractivity contribution in [1.82, 2.24) is 9.78 Å². The van der Waals surface area contributed by atoms with Crippen molar-refractivity contribution in [2.45, 2.75) is 59.5 Å². The smallest absolute Gasteiger partial charge is 0.323 e. The fraction of sp³-hybridized carbons (Fsp3) is 0.714. The van der Waals surface area contributed by atoms with E-state index < -0.39 is 6.04 Å². The van der Waals surface area contributed by atoms with Crippen LogP contribution in [0, 0.1) is 13.8 Å².